The van der Waals surface area contributed by atoms with Gasteiger partial charge < -0.3 is 5.11 Å². The van der Waals surface area contributed by atoms with Gasteiger partial charge in [0, 0.05) is 6.04 Å². The molecule has 0 saturated heterocycles. The smallest absolute Gasteiger partial charge is 0.119 e. The van der Waals surface area contributed by atoms with Gasteiger partial charge in [0.25, 0.3) is 0 Å². The van der Waals surface area contributed by atoms with Crippen LogP contribution in [0.15, 0.2) is 18.2 Å². The predicted molar refractivity (Wildman–Crippen MR) is 62.1 cm³/mol. The van der Waals surface area contributed by atoms with E-state index in [4.69, 9.17) is 0 Å². The maximum Gasteiger partial charge on any atom is 0.119 e. The summed E-state index contributed by atoms with van der Waals surface area (Å²) >= 11 is 0. The summed E-state index contributed by atoms with van der Waals surface area (Å²) in [4.78, 5) is 2.39. The minimum Gasteiger partial charge on any atom is -0.508 e. The standard InChI is InChI=1S/C13H19NO/c1-3-9-14(2)12-8-7-11-10(12)5-4-6-13(11)15/h4-6,12,15H,3,7-9H2,1-2H3. The highest BCUT2D eigenvalue weighted by molar-refractivity contribution is 5.44. The molecule has 82 valence electrons. The van der Waals surface area contributed by atoms with Crippen LogP contribution in [-0.2, 0) is 6.42 Å². The Morgan fingerprint density at radius 3 is 3.00 bits per heavy atom. The second-order valence-electron chi connectivity index (χ2n) is 4.38. The molecule has 0 bridgehead atoms. The Balaban J connectivity index is 2.25. The van der Waals surface area contributed by atoms with E-state index in [1.165, 1.54) is 12.0 Å². The zero-order valence-electron chi connectivity index (χ0n) is 9.53. The highest BCUT2D eigenvalue weighted by Gasteiger charge is 2.26. The lowest BCUT2D eigenvalue weighted by atomic mass is 10.1. The van der Waals surface area contributed by atoms with Crippen LogP contribution in [0.1, 0.15) is 36.9 Å². The van der Waals surface area contributed by atoms with Crippen LogP contribution >= 0.6 is 0 Å². The third kappa shape index (κ3) is 1.86. The average Bonchev–Trinajstić information content (AvgIpc) is 2.63. The van der Waals surface area contributed by atoms with E-state index in [2.05, 4.69) is 24.9 Å². The minimum atomic E-state index is 0.472. The topological polar surface area (TPSA) is 23.5 Å². The van der Waals surface area contributed by atoms with Gasteiger partial charge in [0.05, 0.1) is 0 Å². The molecule has 2 nitrogen and oxygen atoms in total. The molecule has 1 aromatic rings. The number of hydrogen-bond donors (Lipinski definition) is 1. The first kappa shape index (κ1) is 10.5. The molecular weight excluding hydrogens is 186 g/mol. The summed E-state index contributed by atoms with van der Waals surface area (Å²) in [7, 11) is 2.17. The number of fused-ring (bicyclic) bond motifs is 1. The fraction of sp³-hybridized carbons (Fsp3) is 0.538. The van der Waals surface area contributed by atoms with Crippen LogP contribution in [0.3, 0.4) is 0 Å². The summed E-state index contributed by atoms with van der Waals surface area (Å²) in [5, 5.41) is 9.74. The molecule has 0 aromatic heterocycles. The first-order valence-corrected chi connectivity index (χ1v) is 5.75. The molecule has 0 radical (unpaired) electrons. The van der Waals surface area contributed by atoms with E-state index in [0.29, 0.717) is 11.8 Å². The number of benzene rings is 1. The molecule has 0 fully saturated rings. The Kier molecular flexibility index (Phi) is 2.96. The summed E-state index contributed by atoms with van der Waals surface area (Å²) in [5.74, 6) is 0.472. The second kappa shape index (κ2) is 4.23. The molecule has 1 aliphatic carbocycles. The molecule has 2 heteroatoms. The lowest BCUT2D eigenvalue weighted by molar-refractivity contribution is 0.245. The van der Waals surface area contributed by atoms with Crippen LogP contribution in [0.5, 0.6) is 5.75 Å². The number of aromatic hydroxyl groups is 1. The van der Waals surface area contributed by atoms with E-state index < -0.39 is 0 Å². The normalized spacial score (nSPS) is 19.5. The van der Waals surface area contributed by atoms with Crippen molar-refractivity contribution in [1.82, 2.24) is 4.90 Å². The van der Waals surface area contributed by atoms with Gasteiger partial charge >= 0.3 is 0 Å². The van der Waals surface area contributed by atoms with E-state index in [1.54, 1.807) is 6.07 Å². The molecule has 0 aliphatic heterocycles. The molecule has 1 atom stereocenters. The molecule has 1 aliphatic rings. The third-order valence-corrected chi connectivity index (χ3v) is 3.32. The van der Waals surface area contributed by atoms with Gasteiger partial charge in [-0.05, 0) is 50.0 Å². The van der Waals surface area contributed by atoms with Crippen LogP contribution in [0, 0.1) is 0 Å². The number of rotatable bonds is 3. The summed E-state index contributed by atoms with van der Waals surface area (Å²) < 4.78 is 0. The first-order chi connectivity index (χ1) is 7.24. The zero-order chi connectivity index (χ0) is 10.8. The minimum absolute atomic E-state index is 0.472. The average molecular weight is 205 g/mol. The fourth-order valence-corrected chi connectivity index (χ4v) is 2.58. The molecule has 1 unspecified atom stereocenters. The molecule has 1 aromatic carbocycles. The van der Waals surface area contributed by atoms with Gasteiger partial charge in [-0.25, -0.2) is 0 Å². The van der Waals surface area contributed by atoms with Crippen molar-refractivity contribution in [2.45, 2.75) is 32.2 Å². The van der Waals surface area contributed by atoms with Gasteiger partial charge in [0.15, 0.2) is 0 Å². The van der Waals surface area contributed by atoms with Gasteiger partial charge in [-0.3, -0.25) is 4.90 Å². The monoisotopic (exact) mass is 205 g/mol. The van der Waals surface area contributed by atoms with Gasteiger partial charge in [-0.2, -0.15) is 0 Å². The van der Waals surface area contributed by atoms with Crippen molar-refractivity contribution in [2.75, 3.05) is 13.6 Å². The van der Waals surface area contributed by atoms with Crippen molar-refractivity contribution in [2.24, 2.45) is 0 Å². The Hall–Kier alpha value is -1.02. The van der Waals surface area contributed by atoms with Crippen LogP contribution < -0.4 is 0 Å². The van der Waals surface area contributed by atoms with Crippen molar-refractivity contribution < 1.29 is 5.11 Å². The predicted octanol–water partition coefficient (Wildman–Crippen LogP) is 2.72. The summed E-state index contributed by atoms with van der Waals surface area (Å²) in [6, 6.07) is 6.40. The molecule has 1 N–H and O–H groups in total. The Morgan fingerprint density at radius 1 is 1.47 bits per heavy atom. The van der Waals surface area contributed by atoms with Gasteiger partial charge in [0.2, 0.25) is 0 Å². The van der Waals surface area contributed by atoms with Crippen molar-refractivity contribution in [3.63, 3.8) is 0 Å². The largest absolute Gasteiger partial charge is 0.508 e. The number of hydrogen-bond acceptors (Lipinski definition) is 2. The summed E-state index contributed by atoms with van der Waals surface area (Å²) in [5.41, 5.74) is 2.48. The maximum atomic E-state index is 9.74. The highest BCUT2D eigenvalue weighted by atomic mass is 16.3. The van der Waals surface area contributed by atoms with Crippen molar-refractivity contribution >= 4 is 0 Å². The van der Waals surface area contributed by atoms with Gasteiger partial charge in [-0.15, -0.1) is 0 Å². The SMILES string of the molecule is CCCN(C)C1CCc2c(O)cccc21. The van der Waals surface area contributed by atoms with E-state index in [1.807, 2.05) is 6.07 Å². The molecule has 0 amide bonds. The molecule has 2 rings (SSSR count). The number of phenolic OH excluding ortho intramolecular Hbond substituents is 1. The van der Waals surface area contributed by atoms with E-state index in [-0.39, 0.29) is 0 Å². The van der Waals surface area contributed by atoms with Crippen molar-refractivity contribution in [3.8, 4) is 5.75 Å². The lowest BCUT2D eigenvalue weighted by Crippen LogP contribution is -2.23. The molecule has 0 saturated carbocycles. The van der Waals surface area contributed by atoms with Crippen LogP contribution in [-0.4, -0.2) is 23.6 Å². The third-order valence-electron chi connectivity index (χ3n) is 3.32. The maximum absolute atomic E-state index is 9.74. The van der Waals surface area contributed by atoms with E-state index in [9.17, 15) is 5.11 Å². The summed E-state index contributed by atoms with van der Waals surface area (Å²) in [6.45, 7) is 3.33. The molecule has 15 heavy (non-hydrogen) atoms. The fourth-order valence-electron chi connectivity index (χ4n) is 2.58. The molecule has 0 heterocycles. The van der Waals surface area contributed by atoms with Gasteiger partial charge in [-0.1, -0.05) is 19.1 Å². The zero-order valence-corrected chi connectivity index (χ0v) is 9.53. The number of phenols is 1. The van der Waals surface area contributed by atoms with Crippen molar-refractivity contribution in [3.05, 3.63) is 29.3 Å². The quantitative estimate of drug-likeness (QED) is 0.820. The van der Waals surface area contributed by atoms with Crippen LogP contribution in [0.25, 0.3) is 0 Å². The van der Waals surface area contributed by atoms with Crippen molar-refractivity contribution in [1.29, 1.82) is 0 Å². The molecular formula is C13H19NO. The van der Waals surface area contributed by atoms with E-state index in [0.717, 1.165) is 24.9 Å². The van der Waals surface area contributed by atoms with Crippen LogP contribution in [0.4, 0.5) is 0 Å². The summed E-state index contributed by atoms with van der Waals surface area (Å²) in [6.07, 6.45) is 3.34. The Bertz CT molecular complexity index is 348. The number of nitrogens with zero attached hydrogens (tertiary/aromatic N) is 1. The van der Waals surface area contributed by atoms with Crippen LogP contribution in [0.2, 0.25) is 0 Å². The Labute approximate surface area is 91.5 Å². The first-order valence-electron chi connectivity index (χ1n) is 5.75. The highest BCUT2D eigenvalue weighted by Crippen LogP contribution is 2.39. The Morgan fingerprint density at radius 2 is 2.27 bits per heavy atom. The van der Waals surface area contributed by atoms with E-state index >= 15 is 0 Å². The second-order valence-corrected chi connectivity index (χ2v) is 4.38. The van der Waals surface area contributed by atoms with Gasteiger partial charge in [0.1, 0.15) is 5.75 Å². The molecule has 0 spiro atoms. The lowest BCUT2D eigenvalue weighted by Gasteiger charge is -2.24.